The molecule has 3 aromatic carbocycles. The maximum atomic E-state index is 13.2. The van der Waals surface area contributed by atoms with Crippen molar-refractivity contribution in [3.8, 4) is 0 Å². The molecule has 0 aliphatic carbocycles. The van der Waals surface area contributed by atoms with Crippen LogP contribution >= 0.6 is 15.9 Å². The van der Waals surface area contributed by atoms with Gasteiger partial charge in [0.05, 0.1) is 0 Å². The van der Waals surface area contributed by atoms with Gasteiger partial charge in [0.1, 0.15) is 5.82 Å². The molecule has 0 spiro atoms. The van der Waals surface area contributed by atoms with E-state index in [0.29, 0.717) is 5.92 Å². The Morgan fingerprint density at radius 3 is 2.55 bits per heavy atom. The van der Waals surface area contributed by atoms with Crippen molar-refractivity contribution in [2.45, 2.75) is 12.8 Å². The van der Waals surface area contributed by atoms with Gasteiger partial charge < -0.3 is 4.90 Å². The van der Waals surface area contributed by atoms with Gasteiger partial charge in [0.2, 0.25) is 0 Å². The number of halogens is 2. The molecule has 1 heterocycles. The molecule has 0 saturated carbocycles. The summed E-state index contributed by atoms with van der Waals surface area (Å²) in [4.78, 5) is 2.28. The summed E-state index contributed by atoms with van der Waals surface area (Å²) in [6.07, 6.45) is 0. The number of benzene rings is 3. The molecule has 0 fully saturated rings. The molecule has 1 atom stereocenters. The number of fused-ring (bicyclic) bond motifs is 3. The van der Waals surface area contributed by atoms with E-state index in [9.17, 15) is 4.39 Å². The fraction of sp³-hybridized carbons (Fsp3) is 0.158. The summed E-state index contributed by atoms with van der Waals surface area (Å²) in [7, 11) is 0. The Hall–Kier alpha value is -1.87. The minimum Gasteiger partial charge on any atom is -0.341 e. The van der Waals surface area contributed by atoms with Gasteiger partial charge in [-0.05, 0) is 52.7 Å². The van der Waals surface area contributed by atoms with E-state index in [1.165, 1.54) is 34.2 Å². The molecule has 1 unspecified atom stereocenters. The van der Waals surface area contributed by atoms with Crippen molar-refractivity contribution in [3.05, 3.63) is 70.5 Å². The van der Waals surface area contributed by atoms with Gasteiger partial charge >= 0.3 is 0 Å². The molecule has 0 amide bonds. The minimum atomic E-state index is -0.196. The molecule has 22 heavy (non-hydrogen) atoms. The first-order valence-electron chi connectivity index (χ1n) is 7.39. The third kappa shape index (κ3) is 2.03. The first-order chi connectivity index (χ1) is 10.6. The van der Waals surface area contributed by atoms with Crippen molar-refractivity contribution in [2.24, 2.45) is 0 Å². The lowest BCUT2D eigenvalue weighted by molar-refractivity contribution is 0.627. The highest BCUT2D eigenvalue weighted by molar-refractivity contribution is 9.10. The van der Waals surface area contributed by atoms with Gasteiger partial charge in [-0.15, -0.1) is 0 Å². The van der Waals surface area contributed by atoms with Gasteiger partial charge in [0.15, 0.2) is 0 Å². The van der Waals surface area contributed by atoms with E-state index in [1.54, 1.807) is 0 Å². The van der Waals surface area contributed by atoms with Crippen LogP contribution in [-0.4, -0.2) is 6.54 Å². The molecule has 1 aliphatic heterocycles. The van der Waals surface area contributed by atoms with Crippen molar-refractivity contribution in [1.29, 1.82) is 0 Å². The van der Waals surface area contributed by atoms with Crippen molar-refractivity contribution >= 4 is 38.1 Å². The SMILES string of the molecule is CC1CN(c2ccc(F)cc2)c2ccc3c(Br)cccc3c21. The van der Waals surface area contributed by atoms with Crippen molar-refractivity contribution in [1.82, 2.24) is 0 Å². The summed E-state index contributed by atoms with van der Waals surface area (Å²) in [5.74, 6) is 0.247. The van der Waals surface area contributed by atoms with Crippen LogP contribution in [0.3, 0.4) is 0 Å². The normalized spacial score (nSPS) is 17.0. The maximum Gasteiger partial charge on any atom is 0.123 e. The quantitative estimate of drug-likeness (QED) is 0.517. The Balaban J connectivity index is 1.92. The molecule has 0 saturated heterocycles. The second kappa shape index (κ2) is 5.10. The molecular weight excluding hydrogens is 341 g/mol. The summed E-state index contributed by atoms with van der Waals surface area (Å²) in [5, 5.41) is 2.54. The van der Waals surface area contributed by atoms with E-state index < -0.39 is 0 Å². The van der Waals surface area contributed by atoms with Crippen LogP contribution in [-0.2, 0) is 0 Å². The molecular formula is C19H15BrFN. The lowest BCUT2D eigenvalue weighted by Gasteiger charge is -2.20. The van der Waals surface area contributed by atoms with Crippen LogP contribution in [0.25, 0.3) is 10.8 Å². The summed E-state index contributed by atoms with van der Waals surface area (Å²) in [6, 6.07) is 17.4. The predicted octanol–water partition coefficient (Wildman–Crippen LogP) is 6.00. The highest BCUT2D eigenvalue weighted by Gasteiger charge is 2.28. The molecule has 0 radical (unpaired) electrons. The highest BCUT2D eigenvalue weighted by Crippen LogP contribution is 2.45. The first-order valence-corrected chi connectivity index (χ1v) is 8.18. The number of rotatable bonds is 1. The lowest BCUT2D eigenvalue weighted by Crippen LogP contribution is -2.14. The molecule has 0 N–H and O–H groups in total. The van der Waals surface area contributed by atoms with Crippen LogP contribution in [0.15, 0.2) is 59.1 Å². The van der Waals surface area contributed by atoms with Gasteiger partial charge in [-0.2, -0.15) is 0 Å². The van der Waals surface area contributed by atoms with Crippen LogP contribution in [0, 0.1) is 5.82 Å². The largest absolute Gasteiger partial charge is 0.341 e. The van der Waals surface area contributed by atoms with E-state index in [2.05, 4.69) is 58.1 Å². The first kappa shape index (κ1) is 13.8. The van der Waals surface area contributed by atoms with Crippen LogP contribution < -0.4 is 4.90 Å². The van der Waals surface area contributed by atoms with Crippen LogP contribution in [0.5, 0.6) is 0 Å². The monoisotopic (exact) mass is 355 g/mol. The standard InChI is InChI=1S/C19H15BrFN/c1-12-11-22(14-7-5-13(21)6-8-14)18-10-9-15-16(19(12)18)3-2-4-17(15)20/h2-10,12H,11H2,1H3. The molecule has 0 bridgehead atoms. The molecule has 1 aliphatic rings. The molecule has 4 rings (SSSR count). The van der Waals surface area contributed by atoms with Gasteiger partial charge in [-0.25, -0.2) is 4.39 Å². The Labute approximate surface area is 137 Å². The van der Waals surface area contributed by atoms with E-state index in [4.69, 9.17) is 0 Å². The zero-order chi connectivity index (χ0) is 15.3. The van der Waals surface area contributed by atoms with Crippen molar-refractivity contribution < 1.29 is 4.39 Å². The second-order valence-corrected chi connectivity index (χ2v) is 6.68. The summed E-state index contributed by atoms with van der Waals surface area (Å²) in [5.41, 5.74) is 3.65. The topological polar surface area (TPSA) is 3.24 Å². The predicted molar refractivity (Wildman–Crippen MR) is 93.5 cm³/mol. The van der Waals surface area contributed by atoms with Crippen molar-refractivity contribution in [2.75, 3.05) is 11.4 Å². The molecule has 3 heteroatoms. The summed E-state index contributed by atoms with van der Waals surface area (Å²) >= 11 is 3.64. The number of hydrogen-bond donors (Lipinski definition) is 0. The average molecular weight is 356 g/mol. The Kier molecular flexibility index (Phi) is 3.19. The Morgan fingerprint density at radius 2 is 1.77 bits per heavy atom. The fourth-order valence-corrected chi connectivity index (χ4v) is 3.91. The van der Waals surface area contributed by atoms with Gasteiger partial charge in [0.25, 0.3) is 0 Å². The second-order valence-electron chi connectivity index (χ2n) is 5.82. The minimum absolute atomic E-state index is 0.196. The number of nitrogens with zero attached hydrogens (tertiary/aromatic N) is 1. The third-order valence-electron chi connectivity index (χ3n) is 4.41. The third-order valence-corrected chi connectivity index (χ3v) is 5.10. The molecule has 0 aromatic heterocycles. The molecule has 3 aromatic rings. The highest BCUT2D eigenvalue weighted by atomic mass is 79.9. The molecule has 1 nitrogen and oxygen atoms in total. The van der Waals surface area contributed by atoms with Crippen LogP contribution in [0.1, 0.15) is 18.4 Å². The van der Waals surface area contributed by atoms with Crippen LogP contribution in [0.4, 0.5) is 15.8 Å². The van der Waals surface area contributed by atoms with E-state index >= 15 is 0 Å². The van der Waals surface area contributed by atoms with Crippen LogP contribution in [0.2, 0.25) is 0 Å². The summed E-state index contributed by atoms with van der Waals surface area (Å²) < 4.78 is 14.3. The molecule has 110 valence electrons. The van der Waals surface area contributed by atoms with Gasteiger partial charge in [-0.3, -0.25) is 0 Å². The Bertz CT molecular complexity index is 857. The number of hydrogen-bond acceptors (Lipinski definition) is 1. The van der Waals surface area contributed by atoms with Gasteiger partial charge in [-0.1, -0.05) is 41.1 Å². The van der Waals surface area contributed by atoms with Gasteiger partial charge in [0, 0.05) is 28.3 Å². The Morgan fingerprint density at radius 1 is 1.00 bits per heavy atom. The zero-order valence-electron chi connectivity index (χ0n) is 12.2. The average Bonchev–Trinajstić information content (AvgIpc) is 2.86. The van der Waals surface area contributed by atoms with E-state index in [0.717, 1.165) is 16.7 Å². The smallest absolute Gasteiger partial charge is 0.123 e. The van der Waals surface area contributed by atoms with E-state index in [-0.39, 0.29) is 5.82 Å². The number of anilines is 2. The lowest BCUT2D eigenvalue weighted by atomic mass is 9.96. The fourth-order valence-electron chi connectivity index (χ4n) is 3.41. The van der Waals surface area contributed by atoms with Crippen molar-refractivity contribution in [3.63, 3.8) is 0 Å². The maximum absolute atomic E-state index is 13.2. The summed E-state index contributed by atoms with van der Waals surface area (Å²) in [6.45, 7) is 3.18. The zero-order valence-corrected chi connectivity index (χ0v) is 13.8. The van der Waals surface area contributed by atoms with E-state index in [1.807, 2.05) is 12.1 Å².